The Kier molecular flexibility index (Phi) is 5.55. The number of anilines is 2. The molecule has 7 heteroatoms. The molecule has 0 aliphatic rings. The Balaban J connectivity index is 1.76. The minimum absolute atomic E-state index is 0.0187. The molecular formula is C21H16FN3O3. The van der Waals surface area contributed by atoms with Gasteiger partial charge in [-0.1, -0.05) is 24.3 Å². The number of hydrogen-bond acceptors (Lipinski definition) is 4. The molecule has 2 amide bonds. The van der Waals surface area contributed by atoms with Gasteiger partial charge < -0.3 is 10.6 Å². The SMILES string of the molecule is CC(=O)c1cccc(NC(=O)c2ccnc(C(=O)Nc3ccccc3F)c2)c1. The van der Waals surface area contributed by atoms with Gasteiger partial charge in [-0.05, 0) is 43.3 Å². The van der Waals surface area contributed by atoms with E-state index in [1.807, 2.05) is 0 Å². The summed E-state index contributed by atoms with van der Waals surface area (Å²) in [5.74, 6) is -1.80. The lowest BCUT2D eigenvalue weighted by Crippen LogP contribution is -2.17. The van der Waals surface area contributed by atoms with Crippen molar-refractivity contribution in [2.45, 2.75) is 6.92 Å². The van der Waals surface area contributed by atoms with E-state index in [2.05, 4.69) is 15.6 Å². The number of nitrogens with one attached hydrogen (secondary N) is 2. The fourth-order valence-corrected chi connectivity index (χ4v) is 2.46. The highest BCUT2D eigenvalue weighted by Crippen LogP contribution is 2.15. The molecule has 0 fully saturated rings. The molecule has 0 saturated heterocycles. The molecule has 6 nitrogen and oxygen atoms in total. The molecule has 0 bridgehead atoms. The molecular weight excluding hydrogens is 361 g/mol. The number of amides is 2. The van der Waals surface area contributed by atoms with Crippen molar-refractivity contribution in [3.05, 3.63) is 89.5 Å². The molecule has 140 valence electrons. The number of hydrogen-bond donors (Lipinski definition) is 2. The van der Waals surface area contributed by atoms with Crippen LogP contribution in [0.5, 0.6) is 0 Å². The average Bonchev–Trinajstić information content (AvgIpc) is 2.70. The van der Waals surface area contributed by atoms with Crippen LogP contribution in [-0.2, 0) is 0 Å². The Hall–Kier alpha value is -3.87. The van der Waals surface area contributed by atoms with Gasteiger partial charge in [0.25, 0.3) is 11.8 Å². The van der Waals surface area contributed by atoms with Gasteiger partial charge in [-0.15, -0.1) is 0 Å². The third-order valence-corrected chi connectivity index (χ3v) is 3.90. The van der Waals surface area contributed by atoms with Crippen LogP contribution in [0.15, 0.2) is 66.9 Å². The lowest BCUT2D eigenvalue weighted by atomic mass is 10.1. The zero-order chi connectivity index (χ0) is 20.1. The predicted molar refractivity (Wildman–Crippen MR) is 103 cm³/mol. The number of benzene rings is 2. The number of aromatic nitrogens is 1. The van der Waals surface area contributed by atoms with Gasteiger partial charge in [0.2, 0.25) is 0 Å². The Morgan fingerprint density at radius 3 is 2.39 bits per heavy atom. The maximum absolute atomic E-state index is 13.7. The first-order valence-corrected chi connectivity index (χ1v) is 8.38. The standard InChI is InChI=1S/C21H16FN3O3/c1-13(26)14-5-4-6-16(11-14)24-20(27)15-9-10-23-19(12-15)21(28)25-18-8-3-2-7-17(18)22/h2-12H,1H3,(H,24,27)(H,25,28). The summed E-state index contributed by atoms with van der Waals surface area (Å²) in [7, 11) is 0. The van der Waals surface area contributed by atoms with Crippen molar-refractivity contribution in [3.63, 3.8) is 0 Å². The number of nitrogens with zero attached hydrogens (tertiary/aromatic N) is 1. The third kappa shape index (κ3) is 4.45. The molecule has 0 aliphatic carbocycles. The number of pyridine rings is 1. The average molecular weight is 377 g/mol. The zero-order valence-electron chi connectivity index (χ0n) is 14.9. The van der Waals surface area contributed by atoms with Crippen LogP contribution in [0.2, 0.25) is 0 Å². The molecule has 0 radical (unpaired) electrons. The van der Waals surface area contributed by atoms with Gasteiger partial charge in [-0.3, -0.25) is 19.4 Å². The van der Waals surface area contributed by atoms with Crippen molar-refractivity contribution in [2.75, 3.05) is 10.6 Å². The monoisotopic (exact) mass is 377 g/mol. The van der Waals surface area contributed by atoms with E-state index in [9.17, 15) is 18.8 Å². The number of carbonyl (C=O) groups excluding carboxylic acids is 3. The summed E-state index contributed by atoms with van der Waals surface area (Å²) in [5.41, 5.74) is 1.10. The van der Waals surface area contributed by atoms with Gasteiger partial charge in [0, 0.05) is 23.0 Å². The fourth-order valence-electron chi connectivity index (χ4n) is 2.46. The fraction of sp³-hybridized carbons (Fsp3) is 0.0476. The summed E-state index contributed by atoms with van der Waals surface area (Å²) in [4.78, 5) is 40.2. The van der Waals surface area contributed by atoms with Crippen LogP contribution >= 0.6 is 0 Å². The highest BCUT2D eigenvalue weighted by molar-refractivity contribution is 6.08. The van der Waals surface area contributed by atoms with Crippen molar-refractivity contribution < 1.29 is 18.8 Å². The third-order valence-electron chi connectivity index (χ3n) is 3.90. The molecule has 0 aliphatic heterocycles. The highest BCUT2D eigenvalue weighted by atomic mass is 19.1. The lowest BCUT2D eigenvalue weighted by Gasteiger charge is -2.08. The van der Waals surface area contributed by atoms with E-state index in [1.54, 1.807) is 30.3 Å². The molecule has 0 unspecified atom stereocenters. The smallest absolute Gasteiger partial charge is 0.274 e. The first-order chi connectivity index (χ1) is 13.4. The Morgan fingerprint density at radius 1 is 0.857 bits per heavy atom. The van der Waals surface area contributed by atoms with Crippen LogP contribution in [0.3, 0.4) is 0 Å². The first-order valence-electron chi connectivity index (χ1n) is 8.38. The number of para-hydroxylation sites is 1. The maximum atomic E-state index is 13.7. The zero-order valence-corrected chi connectivity index (χ0v) is 14.9. The van der Waals surface area contributed by atoms with E-state index in [-0.39, 0.29) is 22.7 Å². The molecule has 1 aromatic heterocycles. The van der Waals surface area contributed by atoms with E-state index in [1.165, 1.54) is 43.5 Å². The Morgan fingerprint density at radius 2 is 1.64 bits per heavy atom. The highest BCUT2D eigenvalue weighted by Gasteiger charge is 2.14. The van der Waals surface area contributed by atoms with Crippen LogP contribution < -0.4 is 10.6 Å². The summed E-state index contributed by atoms with van der Waals surface area (Å²) >= 11 is 0. The lowest BCUT2D eigenvalue weighted by molar-refractivity contribution is 0.100. The van der Waals surface area contributed by atoms with Crippen molar-refractivity contribution in [1.29, 1.82) is 0 Å². The molecule has 2 aromatic carbocycles. The molecule has 0 spiro atoms. The summed E-state index contributed by atoms with van der Waals surface area (Å²) < 4.78 is 13.7. The number of rotatable bonds is 5. The normalized spacial score (nSPS) is 10.2. The predicted octanol–water partition coefficient (Wildman–Crippen LogP) is 3.93. The van der Waals surface area contributed by atoms with E-state index < -0.39 is 17.6 Å². The minimum Gasteiger partial charge on any atom is -0.322 e. The van der Waals surface area contributed by atoms with E-state index >= 15 is 0 Å². The van der Waals surface area contributed by atoms with Crippen molar-refractivity contribution >= 4 is 29.0 Å². The molecule has 0 atom stereocenters. The second-order valence-corrected chi connectivity index (χ2v) is 5.95. The molecule has 2 N–H and O–H groups in total. The largest absolute Gasteiger partial charge is 0.322 e. The Labute approximate surface area is 160 Å². The van der Waals surface area contributed by atoms with Crippen LogP contribution in [0.4, 0.5) is 15.8 Å². The summed E-state index contributed by atoms with van der Waals surface area (Å²) in [5, 5.41) is 5.08. The molecule has 3 aromatic rings. The van der Waals surface area contributed by atoms with Gasteiger partial charge in [0.1, 0.15) is 11.5 Å². The first kappa shape index (κ1) is 18.9. The van der Waals surface area contributed by atoms with Crippen LogP contribution in [-0.4, -0.2) is 22.6 Å². The minimum atomic E-state index is -0.640. The van der Waals surface area contributed by atoms with Crippen molar-refractivity contribution in [1.82, 2.24) is 4.98 Å². The molecule has 0 saturated carbocycles. The van der Waals surface area contributed by atoms with Gasteiger partial charge in [0.15, 0.2) is 5.78 Å². The maximum Gasteiger partial charge on any atom is 0.274 e. The number of halogens is 1. The van der Waals surface area contributed by atoms with E-state index in [0.717, 1.165) is 0 Å². The number of ketones is 1. The van der Waals surface area contributed by atoms with Crippen LogP contribution in [0, 0.1) is 5.82 Å². The summed E-state index contributed by atoms with van der Waals surface area (Å²) in [6.45, 7) is 1.43. The second kappa shape index (κ2) is 8.22. The van der Waals surface area contributed by atoms with Gasteiger partial charge in [-0.25, -0.2) is 4.39 Å². The summed E-state index contributed by atoms with van der Waals surface area (Å²) in [6.07, 6.45) is 1.32. The number of Topliss-reactive ketones (excluding diaryl/α,β-unsaturated/α-hetero) is 1. The van der Waals surface area contributed by atoms with Crippen LogP contribution in [0.25, 0.3) is 0 Å². The van der Waals surface area contributed by atoms with Crippen LogP contribution in [0.1, 0.15) is 38.1 Å². The van der Waals surface area contributed by atoms with Gasteiger partial charge >= 0.3 is 0 Å². The van der Waals surface area contributed by atoms with Crippen molar-refractivity contribution in [2.24, 2.45) is 0 Å². The van der Waals surface area contributed by atoms with Gasteiger partial charge in [-0.2, -0.15) is 0 Å². The second-order valence-electron chi connectivity index (χ2n) is 5.95. The number of carbonyl (C=O) groups is 3. The van der Waals surface area contributed by atoms with Crippen molar-refractivity contribution in [3.8, 4) is 0 Å². The van der Waals surface area contributed by atoms with E-state index in [4.69, 9.17) is 0 Å². The van der Waals surface area contributed by atoms with E-state index in [0.29, 0.717) is 11.3 Å². The molecule has 28 heavy (non-hydrogen) atoms. The topological polar surface area (TPSA) is 88.2 Å². The molecule has 1 heterocycles. The molecule has 3 rings (SSSR count). The quantitative estimate of drug-likeness (QED) is 0.660. The van der Waals surface area contributed by atoms with Gasteiger partial charge in [0.05, 0.1) is 5.69 Å². The summed E-state index contributed by atoms with van der Waals surface area (Å²) in [6, 6.07) is 15.0. The Bertz CT molecular complexity index is 1070.